The van der Waals surface area contributed by atoms with E-state index in [0.717, 1.165) is 12.0 Å². The number of aryl methyl sites for hydroxylation is 1. The Morgan fingerprint density at radius 3 is 2.76 bits per heavy atom. The van der Waals surface area contributed by atoms with E-state index in [1.165, 1.54) is 12.1 Å². The van der Waals surface area contributed by atoms with Crippen LogP contribution in [0.15, 0.2) is 18.2 Å². The molecule has 4 nitrogen and oxygen atoms in total. The highest BCUT2D eigenvalue weighted by Crippen LogP contribution is 2.23. The first-order valence-corrected chi connectivity index (χ1v) is 7.10. The van der Waals surface area contributed by atoms with E-state index in [9.17, 15) is 9.18 Å². The normalized spacial score (nSPS) is 12.2. The van der Waals surface area contributed by atoms with Crippen molar-refractivity contribution in [2.45, 2.75) is 32.8 Å². The number of carbonyl (C=O) groups is 1. The van der Waals surface area contributed by atoms with E-state index in [0.29, 0.717) is 25.2 Å². The van der Waals surface area contributed by atoms with Crippen molar-refractivity contribution in [3.63, 3.8) is 0 Å². The summed E-state index contributed by atoms with van der Waals surface area (Å²) >= 11 is 0. The molecule has 0 radical (unpaired) electrons. The molecule has 1 rings (SSSR count). The molecule has 0 bridgehead atoms. The molecular formula is C16H23FO4. The molecule has 0 heterocycles. The molecule has 0 fully saturated rings. The molecule has 0 N–H and O–H groups in total. The summed E-state index contributed by atoms with van der Waals surface area (Å²) in [4.78, 5) is 11.5. The molecule has 21 heavy (non-hydrogen) atoms. The van der Waals surface area contributed by atoms with Crippen LogP contribution in [0.3, 0.4) is 0 Å². The molecule has 0 amide bonds. The quantitative estimate of drug-likeness (QED) is 0.519. The van der Waals surface area contributed by atoms with Crippen molar-refractivity contribution in [2.24, 2.45) is 0 Å². The lowest BCUT2D eigenvalue weighted by atomic mass is 10.0. The molecule has 0 spiro atoms. The first kappa shape index (κ1) is 17.6. The van der Waals surface area contributed by atoms with Gasteiger partial charge in [0.15, 0.2) is 0 Å². The number of halogens is 1. The van der Waals surface area contributed by atoms with Crippen LogP contribution in [0.4, 0.5) is 4.39 Å². The highest BCUT2D eigenvalue weighted by Gasteiger charge is 2.17. The van der Waals surface area contributed by atoms with Crippen LogP contribution in [0.25, 0.3) is 0 Å². The summed E-state index contributed by atoms with van der Waals surface area (Å²) in [7, 11) is 1.58. The van der Waals surface area contributed by atoms with Crippen molar-refractivity contribution >= 4 is 5.97 Å². The largest absolute Gasteiger partial charge is 0.463 e. The predicted molar refractivity (Wildman–Crippen MR) is 77.6 cm³/mol. The van der Waals surface area contributed by atoms with E-state index in [-0.39, 0.29) is 18.4 Å². The fourth-order valence-corrected chi connectivity index (χ4v) is 1.90. The average Bonchev–Trinajstić information content (AvgIpc) is 2.46. The first-order valence-electron chi connectivity index (χ1n) is 7.10. The van der Waals surface area contributed by atoms with Gasteiger partial charge in [-0.25, -0.2) is 4.39 Å². The van der Waals surface area contributed by atoms with Crippen LogP contribution in [0.5, 0.6) is 0 Å². The van der Waals surface area contributed by atoms with Gasteiger partial charge in [-0.15, -0.1) is 0 Å². The lowest BCUT2D eigenvalue weighted by molar-refractivity contribution is -0.148. The van der Waals surface area contributed by atoms with Crippen LogP contribution in [-0.2, 0) is 19.0 Å². The molecule has 0 saturated heterocycles. The number of ether oxygens (including phenoxy) is 3. The number of benzene rings is 1. The number of rotatable bonds is 9. The molecule has 1 aromatic carbocycles. The molecule has 0 saturated carbocycles. The minimum Gasteiger partial charge on any atom is -0.463 e. The van der Waals surface area contributed by atoms with Crippen LogP contribution in [0.1, 0.15) is 37.0 Å². The van der Waals surface area contributed by atoms with E-state index >= 15 is 0 Å². The second-order valence-corrected chi connectivity index (χ2v) is 4.79. The predicted octanol–water partition coefficient (Wildman–Crippen LogP) is 3.18. The molecule has 1 atom stereocenters. The summed E-state index contributed by atoms with van der Waals surface area (Å²) in [5, 5.41) is 0. The third-order valence-electron chi connectivity index (χ3n) is 3.04. The Bertz CT molecular complexity index is 448. The van der Waals surface area contributed by atoms with Crippen LogP contribution < -0.4 is 0 Å². The fourth-order valence-electron chi connectivity index (χ4n) is 1.90. The Morgan fingerprint density at radius 2 is 2.10 bits per heavy atom. The van der Waals surface area contributed by atoms with Gasteiger partial charge in [-0.3, -0.25) is 4.79 Å². The third kappa shape index (κ3) is 6.23. The summed E-state index contributed by atoms with van der Waals surface area (Å²) in [6, 6.07) is 4.50. The van der Waals surface area contributed by atoms with Crippen molar-refractivity contribution in [3.05, 3.63) is 35.1 Å². The fraction of sp³-hybridized carbons (Fsp3) is 0.562. The monoisotopic (exact) mass is 298 g/mol. The highest BCUT2D eigenvalue weighted by molar-refractivity contribution is 5.69. The summed E-state index contributed by atoms with van der Waals surface area (Å²) in [6.07, 6.45) is 0.608. The number of esters is 1. The van der Waals surface area contributed by atoms with E-state index in [4.69, 9.17) is 14.2 Å². The van der Waals surface area contributed by atoms with Crippen LogP contribution in [-0.4, -0.2) is 32.9 Å². The van der Waals surface area contributed by atoms with Crippen molar-refractivity contribution in [1.82, 2.24) is 0 Å². The van der Waals surface area contributed by atoms with Crippen molar-refractivity contribution in [1.29, 1.82) is 0 Å². The van der Waals surface area contributed by atoms with E-state index < -0.39 is 6.10 Å². The Labute approximate surface area is 125 Å². The highest BCUT2D eigenvalue weighted by atomic mass is 19.1. The molecule has 5 heteroatoms. The minimum atomic E-state index is -0.489. The van der Waals surface area contributed by atoms with Gasteiger partial charge in [0.05, 0.1) is 13.2 Å². The number of hydrogen-bond acceptors (Lipinski definition) is 4. The molecule has 0 unspecified atom stereocenters. The zero-order chi connectivity index (χ0) is 15.7. The van der Waals surface area contributed by atoms with Crippen molar-refractivity contribution < 1.29 is 23.4 Å². The Hall–Kier alpha value is -1.46. The molecule has 118 valence electrons. The summed E-state index contributed by atoms with van der Waals surface area (Å²) in [6.45, 7) is 4.63. The van der Waals surface area contributed by atoms with E-state index in [2.05, 4.69) is 0 Å². The van der Waals surface area contributed by atoms with Gasteiger partial charge >= 0.3 is 5.97 Å². The van der Waals surface area contributed by atoms with Gasteiger partial charge in [0, 0.05) is 13.5 Å². The van der Waals surface area contributed by atoms with E-state index in [1.807, 2.05) is 13.8 Å². The lowest BCUT2D eigenvalue weighted by Crippen LogP contribution is -2.18. The van der Waals surface area contributed by atoms with Gasteiger partial charge in [-0.2, -0.15) is 0 Å². The zero-order valence-corrected chi connectivity index (χ0v) is 12.9. The SMILES string of the molecule is CCCC(=O)OC[C@H](OCCOC)c1cc(F)ccc1C. The van der Waals surface area contributed by atoms with Gasteiger partial charge in [0.2, 0.25) is 0 Å². The minimum absolute atomic E-state index is 0.0762. The second kappa shape index (κ2) is 9.47. The smallest absolute Gasteiger partial charge is 0.305 e. The number of hydrogen-bond donors (Lipinski definition) is 0. The second-order valence-electron chi connectivity index (χ2n) is 4.79. The third-order valence-corrected chi connectivity index (χ3v) is 3.04. The van der Waals surface area contributed by atoms with Gasteiger partial charge in [-0.1, -0.05) is 13.0 Å². The molecule has 0 aliphatic rings. The molecule has 0 aromatic heterocycles. The Balaban J connectivity index is 2.75. The van der Waals surface area contributed by atoms with Crippen LogP contribution in [0, 0.1) is 12.7 Å². The first-order chi connectivity index (χ1) is 10.1. The van der Waals surface area contributed by atoms with Gasteiger partial charge in [0.1, 0.15) is 18.5 Å². The summed E-state index contributed by atoms with van der Waals surface area (Å²) in [5.74, 6) is -0.609. The summed E-state index contributed by atoms with van der Waals surface area (Å²) < 4.78 is 29.2. The van der Waals surface area contributed by atoms with Crippen molar-refractivity contribution in [3.8, 4) is 0 Å². The maximum absolute atomic E-state index is 13.4. The lowest BCUT2D eigenvalue weighted by Gasteiger charge is -2.20. The topological polar surface area (TPSA) is 44.8 Å². The standard InChI is InChI=1S/C16H23FO4/c1-4-5-16(18)21-11-15(20-9-8-19-3)14-10-13(17)7-6-12(14)2/h6-7,10,15H,4-5,8-9,11H2,1-3H3/t15-/m0/s1. The van der Waals surface area contributed by atoms with Crippen LogP contribution >= 0.6 is 0 Å². The van der Waals surface area contributed by atoms with Gasteiger partial charge < -0.3 is 14.2 Å². The Morgan fingerprint density at radius 1 is 1.33 bits per heavy atom. The molecule has 0 aliphatic carbocycles. The van der Waals surface area contributed by atoms with E-state index in [1.54, 1.807) is 13.2 Å². The Kier molecular flexibility index (Phi) is 7.93. The molecule has 0 aliphatic heterocycles. The average molecular weight is 298 g/mol. The molecule has 1 aromatic rings. The van der Waals surface area contributed by atoms with Gasteiger partial charge in [0.25, 0.3) is 0 Å². The van der Waals surface area contributed by atoms with Crippen LogP contribution in [0.2, 0.25) is 0 Å². The zero-order valence-electron chi connectivity index (χ0n) is 12.9. The maximum Gasteiger partial charge on any atom is 0.305 e. The number of methoxy groups -OCH3 is 1. The molecular weight excluding hydrogens is 275 g/mol. The summed E-state index contributed by atoms with van der Waals surface area (Å²) in [5.41, 5.74) is 1.58. The van der Waals surface area contributed by atoms with Crippen molar-refractivity contribution in [2.75, 3.05) is 26.9 Å². The van der Waals surface area contributed by atoms with Gasteiger partial charge in [-0.05, 0) is 36.6 Å². The maximum atomic E-state index is 13.4. The number of carbonyl (C=O) groups excluding carboxylic acids is 1.